The molecule has 0 radical (unpaired) electrons. The monoisotopic (exact) mass is 301 g/mol. The molecule has 1 heterocycles. The zero-order valence-corrected chi connectivity index (χ0v) is 13.0. The Balaban J connectivity index is 2.07. The minimum absolute atomic E-state index is 0.139. The zero-order valence-electron chi connectivity index (χ0n) is 13.0. The third kappa shape index (κ3) is 2.63. The Morgan fingerprint density at radius 2 is 2.14 bits per heavy atom. The van der Waals surface area contributed by atoms with Crippen molar-refractivity contribution in [3.8, 4) is 5.75 Å². The molecule has 1 aliphatic carbocycles. The predicted molar refractivity (Wildman–Crippen MR) is 87.6 cm³/mol. The first-order chi connectivity index (χ1) is 10.7. The Morgan fingerprint density at radius 1 is 1.36 bits per heavy atom. The lowest BCUT2D eigenvalue weighted by Crippen LogP contribution is -2.14. The molecule has 5 nitrogen and oxygen atoms in total. The number of oxime groups is 1. The molecular formula is C17H23N3O2. The lowest BCUT2D eigenvalue weighted by Gasteiger charge is -2.22. The van der Waals surface area contributed by atoms with Crippen LogP contribution in [0.3, 0.4) is 0 Å². The van der Waals surface area contributed by atoms with Crippen molar-refractivity contribution in [3.05, 3.63) is 30.0 Å². The van der Waals surface area contributed by atoms with E-state index in [1.165, 1.54) is 32.1 Å². The van der Waals surface area contributed by atoms with Gasteiger partial charge in [0.1, 0.15) is 5.75 Å². The van der Waals surface area contributed by atoms with Gasteiger partial charge in [-0.2, -0.15) is 0 Å². The Bertz CT molecular complexity index is 685. The minimum Gasteiger partial charge on any atom is -0.495 e. The Kier molecular flexibility index (Phi) is 4.22. The number of hydrogen-bond acceptors (Lipinski definition) is 3. The lowest BCUT2D eigenvalue weighted by molar-refractivity contribution is 0.318. The summed E-state index contributed by atoms with van der Waals surface area (Å²) in [7, 11) is 1.68. The molecule has 3 rings (SSSR count). The van der Waals surface area contributed by atoms with Gasteiger partial charge in [0.15, 0.2) is 5.84 Å². The van der Waals surface area contributed by atoms with E-state index in [1.54, 1.807) is 7.11 Å². The molecule has 0 aliphatic heterocycles. The molecule has 1 aromatic heterocycles. The second-order valence-electron chi connectivity index (χ2n) is 6.04. The third-order valence-corrected chi connectivity index (χ3v) is 4.64. The van der Waals surface area contributed by atoms with E-state index in [0.29, 0.717) is 5.92 Å². The number of nitrogens with zero attached hydrogens (tertiary/aromatic N) is 2. The van der Waals surface area contributed by atoms with Crippen LogP contribution >= 0.6 is 0 Å². The quantitative estimate of drug-likeness (QED) is 0.394. The first-order valence-corrected chi connectivity index (χ1v) is 7.88. The van der Waals surface area contributed by atoms with Crippen molar-refractivity contribution in [3.63, 3.8) is 0 Å². The van der Waals surface area contributed by atoms with Crippen molar-refractivity contribution in [2.24, 2.45) is 16.8 Å². The fourth-order valence-electron chi connectivity index (χ4n) is 3.54. The van der Waals surface area contributed by atoms with Crippen molar-refractivity contribution in [2.75, 3.05) is 7.11 Å². The molecule has 1 saturated carbocycles. The first-order valence-electron chi connectivity index (χ1n) is 7.88. The van der Waals surface area contributed by atoms with Gasteiger partial charge in [0.2, 0.25) is 0 Å². The molecule has 22 heavy (non-hydrogen) atoms. The fraction of sp³-hybridized carbons (Fsp3) is 0.471. The van der Waals surface area contributed by atoms with E-state index >= 15 is 0 Å². The maximum atomic E-state index is 9.03. The molecule has 1 aromatic carbocycles. The Morgan fingerprint density at radius 3 is 2.82 bits per heavy atom. The van der Waals surface area contributed by atoms with Gasteiger partial charge in [-0.3, -0.25) is 0 Å². The highest BCUT2D eigenvalue weighted by Crippen LogP contribution is 2.32. The second kappa shape index (κ2) is 6.30. The molecule has 2 aromatic rings. The Labute approximate surface area is 130 Å². The number of aromatic nitrogens is 1. The highest BCUT2D eigenvalue weighted by molar-refractivity contribution is 6.09. The van der Waals surface area contributed by atoms with Crippen LogP contribution in [0.5, 0.6) is 5.75 Å². The maximum absolute atomic E-state index is 9.03. The minimum atomic E-state index is 0.139. The van der Waals surface area contributed by atoms with E-state index < -0.39 is 0 Å². The summed E-state index contributed by atoms with van der Waals surface area (Å²) in [5.41, 5.74) is 7.63. The summed E-state index contributed by atoms with van der Waals surface area (Å²) >= 11 is 0. The van der Waals surface area contributed by atoms with Crippen molar-refractivity contribution in [2.45, 2.75) is 38.6 Å². The SMILES string of the molecule is COc1cccc2c(/C(N)=N/O)cn(CC3CCCCC3)c12. The van der Waals surface area contributed by atoms with Gasteiger partial charge in [-0.25, -0.2) is 0 Å². The van der Waals surface area contributed by atoms with Crippen molar-refractivity contribution < 1.29 is 9.94 Å². The van der Waals surface area contributed by atoms with Gasteiger partial charge in [-0.05, 0) is 24.8 Å². The van der Waals surface area contributed by atoms with Crippen LogP contribution in [0.2, 0.25) is 0 Å². The van der Waals surface area contributed by atoms with Crippen LogP contribution in [0.1, 0.15) is 37.7 Å². The molecule has 0 amide bonds. The molecule has 0 spiro atoms. The molecule has 3 N–H and O–H groups in total. The number of rotatable bonds is 4. The maximum Gasteiger partial charge on any atom is 0.172 e. The van der Waals surface area contributed by atoms with E-state index in [1.807, 2.05) is 24.4 Å². The van der Waals surface area contributed by atoms with Crippen LogP contribution in [-0.2, 0) is 6.54 Å². The predicted octanol–water partition coefficient (Wildman–Crippen LogP) is 3.32. The third-order valence-electron chi connectivity index (χ3n) is 4.64. The largest absolute Gasteiger partial charge is 0.495 e. The first kappa shape index (κ1) is 14.8. The second-order valence-corrected chi connectivity index (χ2v) is 6.04. The number of para-hydroxylation sites is 1. The van der Waals surface area contributed by atoms with Crippen molar-refractivity contribution in [1.82, 2.24) is 4.57 Å². The van der Waals surface area contributed by atoms with Gasteiger partial charge in [0.05, 0.1) is 12.6 Å². The molecule has 118 valence electrons. The fourth-order valence-corrected chi connectivity index (χ4v) is 3.54. The van der Waals surface area contributed by atoms with Gasteiger partial charge in [0, 0.05) is 23.7 Å². The van der Waals surface area contributed by atoms with Gasteiger partial charge in [0.25, 0.3) is 0 Å². The molecular weight excluding hydrogens is 278 g/mol. The number of ether oxygens (including phenoxy) is 1. The molecule has 1 aliphatic rings. The van der Waals surface area contributed by atoms with Gasteiger partial charge in [-0.1, -0.05) is 36.6 Å². The number of hydrogen-bond donors (Lipinski definition) is 2. The molecule has 5 heteroatoms. The van der Waals surface area contributed by atoms with Gasteiger partial charge >= 0.3 is 0 Å². The summed E-state index contributed by atoms with van der Waals surface area (Å²) < 4.78 is 7.73. The average molecular weight is 301 g/mol. The van der Waals surface area contributed by atoms with E-state index in [2.05, 4.69) is 9.72 Å². The van der Waals surface area contributed by atoms with Crippen LogP contribution in [-0.4, -0.2) is 22.7 Å². The standard InChI is InChI=1S/C17H23N3O2/c1-22-15-9-5-8-13-14(17(18)19-21)11-20(16(13)15)10-12-6-3-2-4-7-12/h5,8-9,11-12,21H,2-4,6-7,10H2,1H3,(H2,18,19). The summed E-state index contributed by atoms with van der Waals surface area (Å²) in [5, 5.41) is 13.2. The van der Waals surface area contributed by atoms with Gasteiger partial charge < -0.3 is 20.2 Å². The molecule has 1 fully saturated rings. The number of nitrogens with two attached hydrogens (primary N) is 1. The van der Waals surface area contributed by atoms with E-state index in [4.69, 9.17) is 15.7 Å². The lowest BCUT2D eigenvalue weighted by atomic mass is 9.89. The average Bonchev–Trinajstić information content (AvgIpc) is 2.94. The summed E-state index contributed by atoms with van der Waals surface area (Å²) in [5.74, 6) is 1.65. The molecule has 0 bridgehead atoms. The zero-order chi connectivity index (χ0) is 15.5. The number of methoxy groups -OCH3 is 1. The van der Waals surface area contributed by atoms with E-state index in [0.717, 1.165) is 28.8 Å². The normalized spacial score (nSPS) is 17.0. The number of benzene rings is 1. The Hall–Kier alpha value is -2.17. The van der Waals surface area contributed by atoms with Crippen LogP contribution in [0.15, 0.2) is 29.6 Å². The smallest absolute Gasteiger partial charge is 0.172 e. The number of amidine groups is 1. The van der Waals surface area contributed by atoms with Crippen LogP contribution < -0.4 is 10.5 Å². The summed E-state index contributed by atoms with van der Waals surface area (Å²) in [4.78, 5) is 0. The topological polar surface area (TPSA) is 72.8 Å². The summed E-state index contributed by atoms with van der Waals surface area (Å²) in [6.45, 7) is 0.954. The van der Waals surface area contributed by atoms with Crippen molar-refractivity contribution >= 4 is 16.7 Å². The van der Waals surface area contributed by atoms with Crippen LogP contribution in [0.25, 0.3) is 10.9 Å². The van der Waals surface area contributed by atoms with E-state index in [-0.39, 0.29) is 5.84 Å². The summed E-state index contributed by atoms with van der Waals surface area (Å²) in [6.07, 6.45) is 8.50. The highest BCUT2D eigenvalue weighted by Gasteiger charge is 2.19. The molecule has 0 unspecified atom stereocenters. The van der Waals surface area contributed by atoms with Crippen molar-refractivity contribution in [1.29, 1.82) is 0 Å². The van der Waals surface area contributed by atoms with Crippen LogP contribution in [0, 0.1) is 5.92 Å². The highest BCUT2D eigenvalue weighted by atomic mass is 16.5. The van der Waals surface area contributed by atoms with Crippen LogP contribution in [0.4, 0.5) is 0 Å². The summed E-state index contributed by atoms with van der Waals surface area (Å²) in [6, 6.07) is 5.87. The molecule has 0 saturated heterocycles. The molecule has 0 atom stereocenters. The number of fused-ring (bicyclic) bond motifs is 1. The van der Waals surface area contributed by atoms with E-state index in [9.17, 15) is 0 Å². The van der Waals surface area contributed by atoms with Gasteiger partial charge in [-0.15, -0.1) is 0 Å².